The first-order valence-corrected chi connectivity index (χ1v) is 7.58. The zero-order valence-electron chi connectivity index (χ0n) is 12.7. The molecule has 6 nitrogen and oxygen atoms in total. The summed E-state index contributed by atoms with van der Waals surface area (Å²) in [5.74, 6) is 0.632. The number of nitrogens with two attached hydrogens (primary N) is 1. The third kappa shape index (κ3) is 2.82. The Kier molecular flexibility index (Phi) is 4.11. The van der Waals surface area contributed by atoms with E-state index in [0.29, 0.717) is 17.1 Å². The minimum Gasteiger partial charge on any atom is -0.507 e. The number of benzene rings is 1. The van der Waals surface area contributed by atoms with E-state index in [2.05, 4.69) is 26.9 Å². The number of likely N-dealkylation sites (N-methyl/N-ethyl adjacent to an activating group) is 1. The zero-order chi connectivity index (χ0) is 15.5. The highest BCUT2D eigenvalue weighted by Crippen LogP contribution is 2.31. The van der Waals surface area contributed by atoms with Crippen LogP contribution < -0.4 is 10.6 Å². The molecule has 1 aliphatic rings. The summed E-state index contributed by atoms with van der Waals surface area (Å²) in [6.07, 6.45) is 0. The van der Waals surface area contributed by atoms with Crippen molar-refractivity contribution in [1.82, 2.24) is 15.1 Å². The number of hydrogen-bond acceptors (Lipinski definition) is 6. The van der Waals surface area contributed by atoms with E-state index < -0.39 is 0 Å². The van der Waals surface area contributed by atoms with Gasteiger partial charge in [-0.2, -0.15) is 0 Å². The number of aromatic hydroxyl groups is 1. The van der Waals surface area contributed by atoms with E-state index in [1.165, 1.54) is 0 Å². The molecule has 0 radical (unpaired) electrons. The molecule has 0 amide bonds. The summed E-state index contributed by atoms with van der Waals surface area (Å²) in [5.41, 5.74) is 8.21. The van der Waals surface area contributed by atoms with Crippen molar-refractivity contribution in [3.8, 4) is 17.0 Å². The lowest BCUT2D eigenvalue weighted by Crippen LogP contribution is -2.46. The molecule has 3 N–H and O–H groups in total. The van der Waals surface area contributed by atoms with Gasteiger partial charge in [0, 0.05) is 31.7 Å². The second kappa shape index (κ2) is 6.19. The van der Waals surface area contributed by atoms with E-state index >= 15 is 0 Å². The van der Waals surface area contributed by atoms with E-state index in [1.54, 1.807) is 12.1 Å². The fourth-order valence-corrected chi connectivity index (χ4v) is 2.77. The number of nitrogens with zero attached hydrogens (tertiary/aromatic N) is 4. The molecule has 0 unspecified atom stereocenters. The summed E-state index contributed by atoms with van der Waals surface area (Å²) in [6, 6.07) is 9.04. The van der Waals surface area contributed by atoms with Gasteiger partial charge in [-0.05, 0) is 24.7 Å². The number of phenolic OH excluding ortho intramolecular Hbond substituents is 1. The molecule has 1 saturated heterocycles. The van der Waals surface area contributed by atoms with Crippen molar-refractivity contribution in [2.45, 2.75) is 6.92 Å². The van der Waals surface area contributed by atoms with Crippen LogP contribution in [-0.2, 0) is 0 Å². The van der Waals surface area contributed by atoms with E-state index in [4.69, 9.17) is 5.73 Å². The summed E-state index contributed by atoms with van der Waals surface area (Å²) in [4.78, 5) is 4.64. The van der Waals surface area contributed by atoms with Gasteiger partial charge in [-0.3, -0.25) is 0 Å². The number of hydrogen-bond donors (Lipinski definition) is 2. The SMILES string of the molecule is CCN1CCN(c2cc(-c3ccccc3O)nnc2N)CC1. The smallest absolute Gasteiger partial charge is 0.169 e. The van der Waals surface area contributed by atoms with Gasteiger partial charge in [0.25, 0.3) is 0 Å². The zero-order valence-corrected chi connectivity index (χ0v) is 12.7. The average molecular weight is 299 g/mol. The van der Waals surface area contributed by atoms with E-state index in [0.717, 1.165) is 38.4 Å². The van der Waals surface area contributed by atoms with Gasteiger partial charge < -0.3 is 20.6 Å². The largest absolute Gasteiger partial charge is 0.507 e. The van der Waals surface area contributed by atoms with Crippen molar-refractivity contribution in [2.24, 2.45) is 0 Å². The summed E-state index contributed by atoms with van der Waals surface area (Å²) < 4.78 is 0. The Labute approximate surface area is 130 Å². The third-order valence-corrected chi connectivity index (χ3v) is 4.14. The Bertz CT molecular complexity index is 653. The van der Waals surface area contributed by atoms with Gasteiger partial charge in [0.15, 0.2) is 5.82 Å². The fraction of sp³-hybridized carbons (Fsp3) is 0.375. The third-order valence-electron chi connectivity index (χ3n) is 4.14. The van der Waals surface area contributed by atoms with Crippen LogP contribution in [0.4, 0.5) is 11.5 Å². The second-order valence-electron chi connectivity index (χ2n) is 5.44. The number of rotatable bonds is 3. The maximum absolute atomic E-state index is 9.98. The molecular weight excluding hydrogens is 278 g/mol. The number of para-hydroxylation sites is 1. The Hall–Kier alpha value is -2.34. The molecule has 2 aromatic rings. The summed E-state index contributed by atoms with van der Waals surface area (Å²) in [6.45, 7) is 7.12. The molecule has 3 rings (SSSR count). The molecule has 1 aromatic carbocycles. The van der Waals surface area contributed by atoms with Crippen LogP contribution in [0.2, 0.25) is 0 Å². The van der Waals surface area contributed by atoms with Crippen LogP contribution in [0.25, 0.3) is 11.3 Å². The normalized spacial score (nSPS) is 16.0. The fourth-order valence-electron chi connectivity index (χ4n) is 2.77. The molecular formula is C16H21N5O. The topological polar surface area (TPSA) is 78.5 Å². The second-order valence-corrected chi connectivity index (χ2v) is 5.44. The number of piperazine rings is 1. The predicted octanol–water partition coefficient (Wildman–Crippen LogP) is 1.57. The molecule has 0 atom stereocenters. The maximum Gasteiger partial charge on any atom is 0.169 e. The maximum atomic E-state index is 9.98. The van der Waals surface area contributed by atoms with Gasteiger partial charge in [-0.25, -0.2) is 0 Å². The highest BCUT2D eigenvalue weighted by atomic mass is 16.3. The van der Waals surface area contributed by atoms with Crippen LogP contribution in [-0.4, -0.2) is 52.9 Å². The number of anilines is 2. The van der Waals surface area contributed by atoms with Crippen LogP contribution in [0.1, 0.15) is 6.92 Å². The van der Waals surface area contributed by atoms with E-state index in [9.17, 15) is 5.11 Å². The number of phenols is 1. The van der Waals surface area contributed by atoms with E-state index in [1.807, 2.05) is 18.2 Å². The van der Waals surface area contributed by atoms with Gasteiger partial charge in [-0.15, -0.1) is 10.2 Å². The van der Waals surface area contributed by atoms with Crippen molar-refractivity contribution in [1.29, 1.82) is 0 Å². The highest BCUT2D eigenvalue weighted by molar-refractivity contribution is 5.74. The first-order chi connectivity index (χ1) is 10.7. The molecule has 1 aliphatic heterocycles. The molecule has 0 aliphatic carbocycles. The van der Waals surface area contributed by atoms with Crippen molar-refractivity contribution in [3.63, 3.8) is 0 Å². The lowest BCUT2D eigenvalue weighted by molar-refractivity contribution is 0.271. The first kappa shape index (κ1) is 14.6. The van der Waals surface area contributed by atoms with Crippen molar-refractivity contribution >= 4 is 11.5 Å². The Morgan fingerprint density at radius 2 is 1.86 bits per heavy atom. The molecule has 1 aromatic heterocycles. The Morgan fingerprint density at radius 1 is 1.14 bits per heavy atom. The van der Waals surface area contributed by atoms with Gasteiger partial charge in [-0.1, -0.05) is 19.1 Å². The van der Waals surface area contributed by atoms with Gasteiger partial charge in [0.05, 0.1) is 11.4 Å². The minimum absolute atomic E-state index is 0.198. The van der Waals surface area contributed by atoms with Crippen molar-refractivity contribution in [3.05, 3.63) is 30.3 Å². The molecule has 0 saturated carbocycles. The average Bonchev–Trinajstić information content (AvgIpc) is 2.56. The number of aromatic nitrogens is 2. The monoisotopic (exact) mass is 299 g/mol. The molecule has 116 valence electrons. The van der Waals surface area contributed by atoms with Crippen LogP contribution >= 0.6 is 0 Å². The Balaban J connectivity index is 1.89. The van der Waals surface area contributed by atoms with Crippen molar-refractivity contribution < 1.29 is 5.11 Å². The minimum atomic E-state index is 0.198. The van der Waals surface area contributed by atoms with Gasteiger partial charge in [0.2, 0.25) is 0 Å². The Morgan fingerprint density at radius 3 is 2.55 bits per heavy atom. The molecule has 2 heterocycles. The van der Waals surface area contributed by atoms with Crippen LogP contribution in [0, 0.1) is 0 Å². The quantitative estimate of drug-likeness (QED) is 0.896. The van der Waals surface area contributed by atoms with Gasteiger partial charge in [0.1, 0.15) is 5.75 Å². The predicted molar refractivity (Wildman–Crippen MR) is 87.9 cm³/mol. The summed E-state index contributed by atoms with van der Waals surface area (Å²) in [5, 5.41) is 18.2. The lowest BCUT2D eigenvalue weighted by atomic mass is 10.1. The van der Waals surface area contributed by atoms with Crippen molar-refractivity contribution in [2.75, 3.05) is 43.4 Å². The van der Waals surface area contributed by atoms with Gasteiger partial charge >= 0.3 is 0 Å². The number of nitrogen functional groups attached to an aromatic ring is 1. The van der Waals surface area contributed by atoms with Crippen LogP contribution in [0.5, 0.6) is 5.75 Å². The summed E-state index contributed by atoms with van der Waals surface area (Å²) in [7, 11) is 0. The molecule has 22 heavy (non-hydrogen) atoms. The molecule has 0 spiro atoms. The lowest BCUT2D eigenvalue weighted by Gasteiger charge is -2.35. The van der Waals surface area contributed by atoms with Crippen LogP contribution in [0.3, 0.4) is 0 Å². The molecule has 0 bridgehead atoms. The first-order valence-electron chi connectivity index (χ1n) is 7.58. The molecule has 6 heteroatoms. The highest BCUT2D eigenvalue weighted by Gasteiger charge is 2.19. The molecule has 1 fully saturated rings. The van der Waals surface area contributed by atoms with Crippen LogP contribution in [0.15, 0.2) is 30.3 Å². The standard InChI is InChI=1S/C16H21N5O/c1-2-20-7-9-21(10-8-20)14-11-13(18-19-16(14)17)12-5-3-4-6-15(12)22/h3-6,11,22H,2,7-10H2,1H3,(H2,17,19). The summed E-state index contributed by atoms with van der Waals surface area (Å²) >= 11 is 0. The van der Waals surface area contributed by atoms with E-state index in [-0.39, 0.29) is 5.75 Å².